The lowest BCUT2D eigenvalue weighted by Gasteiger charge is -2.29. The summed E-state index contributed by atoms with van der Waals surface area (Å²) in [5.41, 5.74) is 0.307. The van der Waals surface area contributed by atoms with Crippen LogP contribution in [0.25, 0.3) is 0 Å². The van der Waals surface area contributed by atoms with Crippen LogP contribution < -0.4 is 5.32 Å². The lowest BCUT2D eigenvalue weighted by atomic mass is 9.78. The van der Waals surface area contributed by atoms with E-state index in [9.17, 15) is 18.8 Å². The molecule has 0 aromatic heterocycles. The van der Waals surface area contributed by atoms with E-state index in [0.29, 0.717) is 29.7 Å². The molecule has 152 valence electrons. The first kappa shape index (κ1) is 20.7. The first-order valence-corrected chi connectivity index (χ1v) is 9.71. The molecule has 5 nitrogen and oxygen atoms in total. The van der Waals surface area contributed by atoms with E-state index in [0.717, 1.165) is 12.8 Å². The Kier molecular flexibility index (Phi) is 6.11. The molecule has 0 heterocycles. The Labute approximate surface area is 169 Å². The van der Waals surface area contributed by atoms with Crippen molar-refractivity contribution in [3.63, 3.8) is 0 Å². The quantitative estimate of drug-likeness (QED) is 0.579. The highest BCUT2D eigenvalue weighted by molar-refractivity contribution is 5.97. The molecule has 0 radical (unpaired) electrons. The Balaban J connectivity index is 1.70. The molecule has 2 aromatic rings. The summed E-state index contributed by atoms with van der Waals surface area (Å²) in [5, 5.41) is 2.67. The van der Waals surface area contributed by atoms with Gasteiger partial charge in [0.25, 0.3) is 5.91 Å². The highest BCUT2D eigenvalue weighted by Gasteiger charge is 2.46. The van der Waals surface area contributed by atoms with Gasteiger partial charge >= 0.3 is 5.97 Å². The van der Waals surface area contributed by atoms with E-state index < -0.39 is 29.2 Å². The predicted octanol–water partition coefficient (Wildman–Crippen LogP) is 4.41. The number of Topliss-reactive ketones (excluding diaryl/α,β-unsaturated/α-hetero) is 1. The zero-order valence-corrected chi connectivity index (χ0v) is 16.5. The topological polar surface area (TPSA) is 72.5 Å². The number of rotatable bonds is 6. The fourth-order valence-corrected chi connectivity index (χ4v) is 3.77. The van der Waals surface area contributed by atoms with Gasteiger partial charge in [-0.2, -0.15) is 0 Å². The highest BCUT2D eigenvalue weighted by Crippen LogP contribution is 2.43. The van der Waals surface area contributed by atoms with Crippen LogP contribution >= 0.6 is 0 Å². The van der Waals surface area contributed by atoms with Crippen LogP contribution in [0.4, 0.5) is 10.1 Å². The number of anilines is 1. The monoisotopic (exact) mass is 397 g/mol. The van der Waals surface area contributed by atoms with Gasteiger partial charge in [0.05, 0.1) is 5.41 Å². The van der Waals surface area contributed by atoms with Gasteiger partial charge in [0, 0.05) is 16.8 Å². The summed E-state index contributed by atoms with van der Waals surface area (Å²) < 4.78 is 19.9. The van der Waals surface area contributed by atoms with E-state index in [4.69, 9.17) is 4.74 Å². The van der Waals surface area contributed by atoms with E-state index in [2.05, 4.69) is 5.32 Å². The summed E-state index contributed by atoms with van der Waals surface area (Å²) in [6.07, 6.45) is 1.54. The number of hydrogen-bond donors (Lipinski definition) is 1. The van der Waals surface area contributed by atoms with Crippen LogP contribution in [0.3, 0.4) is 0 Å². The van der Waals surface area contributed by atoms with Crippen molar-refractivity contribution in [3.05, 3.63) is 65.5 Å². The summed E-state index contributed by atoms with van der Waals surface area (Å²) in [5.74, 6) is -1.57. The number of carbonyl (C=O) groups excluding carboxylic acids is 3. The van der Waals surface area contributed by atoms with Gasteiger partial charge in [-0.05, 0) is 57.0 Å². The second-order valence-corrected chi connectivity index (χ2v) is 7.44. The van der Waals surface area contributed by atoms with Gasteiger partial charge in [-0.1, -0.05) is 31.0 Å². The number of benzene rings is 2. The van der Waals surface area contributed by atoms with Crippen LogP contribution in [0, 0.1) is 5.82 Å². The predicted molar refractivity (Wildman–Crippen MR) is 107 cm³/mol. The molecule has 0 saturated heterocycles. The minimum absolute atomic E-state index is 0.0693. The minimum Gasteiger partial charge on any atom is -0.452 e. The summed E-state index contributed by atoms with van der Waals surface area (Å²) in [4.78, 5) is 36.8. The molecule has 1 aliphatic carbocycles. The van der Waals surface area contributed by atoms with E-state index >= 15 is 0 Å². The van der Waals surface area contributed by atoms with E-state index in [-0.39, 0.29) is 5.78 Å². The molecular weight excluding hydrogens is 373 g/mol. The molecule has 3 rings (SSSR count). The van der Waals surface area contributed by atoms with Crippen molar-refractivity contribution in [2.24, 2.45) is 0 Å². The number of esters is 1. The maximum absolute atomic E-state index is 14.4. The minimum atomic E-state index is -1.05. The van der Waals surface area contributed by atoms with Crippen molar-refractivity contribution >= 4 is 23.3 Å². The highest BCUT2D eigenvalue weighted by atomic mass is 19.1. The maximum atomic E-state index is 14.4. The maximum Gasteiger partial charge on any atom is 0.317 e. The summed E-state index contributed by atoms with van der Waals surface area (Å²) in [7, 11) is 0. The zero-order chi connectivity index (χ0) is 21.0. The van der Waals surface area contributed by atoms with E-state index in [1.807, 2.05) is 0 Å². The third-order valence-electron chi connectivity index (χ3n) is 5.45. The van der Waals surface area contributed by atoms with Gasteiger partial charge in [-0.3, -0.25) is 14.4 Å². The second-order valence-electron chi connectivity index (χ2n) is 7.44. The van der Waals surface area contributed by atoms with Crippen molar-refractivity contribution < 1.29 is 23.5 Å². The Bertz CT molecular complexity index is 917. The number of amides is 1. The molecule has 2 aromatic carbocycles. The SMILES string of the molecule is CC(=O)c1ccc(NC(=O)[C@H](C)OC(=O)C2(c3ccccc3F)CCCC2)cc1. The van der Waals surface area contributed by atoms with Crippen molar-refractivity contribution in [1.82, 2.24) is 0 Å². The molecule has 1 amide bonds. The molecular formula is C23H24FNO4. The number of carbonyl (C=O) groups is 3. The zero-order valence-electron chi connectivity index (χ0n) is 16.5. The second kappa shape index (κ2) is 8.55. The Hall–Kier alpha value is -3.02. The number of ketones is 1. The first-order chi connectivity index (χ1) is 13.8. The van der Waals surface area contributed by atoms with Crippen molar-refractivity contribution in [3.8, 4) is 0 Å². The smallest absolute Gasteiger partial charge is 0.317 e. The standard InChI is InChI=1S/C23H24FNO4/c1-15(26)17-9-11-18(12-10-17)25-21(27)16(2)29-22(28)23(13-5-6-14-23)19-7-3-4-8-20(19)24/h3-4,7-12,16H,5-6,13-14H2,1-2H3,(H,25,27)/t16-/m0/s1. The van der Waals surface area contributed by atoms with E-state index in [1.165, 1.54) is 19.9 Å². The van der Waals surface area contributed by atoms with Gasteiger partial charge < -0.3 is 10.1 Å². The fraction of sp³-hybridized carbons (Fsp3) is 0.348. The van der Waals surface area contributed by atoms with Crippen LogP contribution in [0.1, 0.15) is 55.5 Å². The Morgan fingerprint density at radius 1 is 1.03 bits per heavy atom. The fourth-order valence-electron chi connectivity index (χ4n) is 3.77. The molecule has 0 aliphatic heterocycles. The van der Waals surface area contributed by atoms with Crippen molar-refractivity contribution in [2.45, 2.75) is 51.0 Å². The van der Waals surface area contributed by atoms with Gasteiger partial charge in [-0.25, -0.2) is 4.39 Å². The molecule has 0 spiro atoms. The lowest BCUT2D eigenvalue weighted by Crippen LogP contribution is -2.40. The Morgan fingerprint density at radius 2 is 1.66 bits per heavy atom. The Morgan fingerprint density at radius 3 is 2.24 bits per heavy atom. The molecule has 1 aliphatic rings. The molecule has 1 N–H and O–H groups in total. The molecule has 6 heteroatoms. The number of nitrogens with one attached hydrogen (secondary N) is 1. The average molecular weight is 397 g/mol. The van der Waals surface area contributed by atoms with Gasteiger partial charge in [0.15, 0.2) is 11.9 Å². The van der Waals surface area contributed by atoms with Gasteiger partial charge in [-0.15, -0.1) is 0 Å². The molecule has 0 bridgehead atoms. The molecule has 29 heavy (non-hydrogen) atoms. The third kappa shape index (κ3) is 4.36. The lowest BCUT2D eigenvalue weighted by molar-refractivity contribution is -0.159. The first-order valence-electron chi connectivity index (χ1n) is 9.71. The molecule has 0 unspecified atom stereocenters. The molecule has 1 atom stereocenters. The summed E-state index contributed by atoms with van der Waals surface area (Å²) >= 11 is 0. The van der Waals surface area contributed by atoms with Crippen molar-refractivity contribution in [2.75, 3.05) is 5.32 Å². The summed E-state index contributed by atoms with van der Waals surface area (Å²) in [6, 6.07) is 12.7. The van der Waals surface area contributed by atoms with E-state index in [1.54, 1.807) is 42.5 Å². The van der Waals surface area contributed by atoms with Crippen LogP contribution in [0.5, 0.6) is 0 Å². The third-order valence-corrected chi connectivity index (χ3v) is 5.45. The normalized spacial score (nSPS) is 16.1. The number of hydrogen-bond acceptors (Lipinski definition) is 4. The number of ether oxygens (including phenoxy) is 1. The number of halogens is 1. The van der Waals surface area contributed by atoms with Crippen LogP contribution in [-0.2, 0) is 19.7 Å². The van der Waals surface area contributed by atoms with Crippen molar-refractivity contribution in [1.29, 1.82) is 0 Å². The molecule has 1 saturated carbocycles. The van der Waals surface area contributed by atoms with Crippen LogP contribution in [-0.4, -0.2) is 23.8 Å². The average Bonchev–Trinajstić information content (AvgIpc) is 3.19. The van der Waals surface area contributed by atoms with Gasteiger partial charge in [0.1, 0.15) is 5.82 Å². The van der Waals surface area contributed by atoms with Gasteiger partial charge in [0.2, 0.25) is 0 Å². The van der Waals surface area contributed by atoms with Crippen LogP contribution in [0.15, 0.2) is 48.5 Å². The summed E-state index contributed by atoms with van der Waals surface area (Å²) in [6.45, 7) is 2.95. The van der Waals surface area contributed by atoms with Crippen LogP contribution in [0.2, 0.25) is 0 Å². The molecule has 1 fully saturated rings. The largest absolute Gasteiger partial charge is 0.452 e.